The smallest absolute Gasteiger partial charge is 0.348 e. The van der Waals surface area contributed by atoms with Crippen molar-refractivity contribution in [3.63, 3.8) is 0 Å². The van der Waals surface area contributed by atoms with Gasteiger partial charge in [-0.15, -0.1) is 0 Å². The third-order valence-electron chi connectivity index (χ3n) is 2.79. The molecular formula is C13H13N3O2. The molecule has 0 radical (unpaired) electrons. The van der Waals surface area contributed by atoms with Crippen molar-refractivity contribution in [2.45, 2.75) is 6.92 Å². The van der Waals surface area contributed by atoms with Crippen molar-refractivity contribution in [3.05, 3.63) is 57.6 Å². The van der Waals surface area contributed by atoms with E-state index >= 15 is 0 Å². The van der Waals surface area contributed by atoms with E-state index in [1.54, 1.807) is 12.1 Å². The number of ketones is 1. The number of aromatic nitrogens is 2. The van der Waals surface area contributed by atoms with Gasteiger partial charge >= 0.3 is 5.69 Å². The Morgan fingerprint density at radius 3 is 2.50 bits per heavy atom. The van der Waals surface area contributed by atoms with Crippen LogP contribution in [0.1, 0.15) is 21.5 Å². The number of carbonyl (C=O) groups is 1. The SMILES string of the molecule is Cc1ccc(C(=O)c2cnc(=O)n(C)c2N)cc1. The van der Waals surface area contributed by atoms with Crippen LogP contribution < -0.4 is 11.4 Å². The topological polar surface area (TPSA) is 78.0 Å². The summed E-state index contributed by atoms with van der Waals surface area (Å²) in [5.74, 6) is -0.115. The van der Waals surface area contributed by atoms with Crippen LogP contribution in [0.2, 0.25) is 0 Å². The Kier molecular flexibility index (Phi) is 2.97. The standard InChI is InChI=1S/C13H13N3O2/c1-8-3-5-9(6-4-8)11(17)10-7-15-13(18)16(2)12(10)14/h3-7H,14H2,1-2H3. The second-order valence-corrected chi connectivity index (χ2v) is 4.09. The Morgan fingerprint density at radius 1 is 1.28 bits per heavy atom. The molecule has 2 aromatic rings. The first-order chi connectivity index (χ1) is 8.50. The highest BCUT2D eigenvalue weighted by atomic mass is 16.1. The zero-order valence-electron chi connectivity index (χ0n) is 10.2. The number of nitrogens with two attached hydrogens (primary N) is 1. The van der Waals surface area contributed by atoms with Gasteiger partial charge in [-0.25, -0.2) is 9.78 Å². The number of hydrogen-bond acceptors (Lipinski definition) is 4. The fourth-order valence-corrected chi connectivity index (χ4v) is 1.59. The van der Waals surface area contributed by atoms with Crippen LogP contribution in [0.4, 0.5) is 5.82 Å². The maximum absolute atomic E-state index is 12.2. The van der Waals surface area contributed by atoms with E-state index in [0.29, 0.717) is 5.56 Å². The Morgan fingerprint density at radius 2 is 1.89 bits per heavy atom. The molecule has 0 unspecified atom stereocenters. The summed E-state index contributed by atoms with van der Waals surface area (Å²) in [5.41, 5.74) is 7.10. The van der Waals surface area contributed by atoms with Gasteiger partial charge < -0.3 is 5.73 Å². The average molecular weight is 243 g/mol. The molecule has 0 saturated heterocycles. The lowest BCUT2D eigenvalue weighted by Crippen LogP contribution is -2.25. The maximum Gasteiger partial charge on any atom is 0.348 e. The molecule has 5 heteroatoms. The van der Waals surface area contributed by atoms with Gasteiger partial charge in [-0.05, 0) is 6.92 Å². The molecule has 0 atom stereocenters. The van der Waals surface area contributed by atoms with E-state index in [1.165, 1.54) is 13.2 Å². The monoisotopic (exact) mass is 243 g/mol. The fraction of sp³-hybridized carbons (Fsp3) is 0.154. The molecule has 0 aliphatic carbocycles. The predicted octanol–water partition coefficient (Wildman–Crippen LogP) is 0.902. The number of nitrogens with zero attached hydrogens (tertiary/aromatic N) is 2. The van der Waals surface area contributed by atoms with Crippen molar-refractivity contribution < 1.29 is 4.79 Å². The lowest BCUT2D eigenvalue weighted by atomic mass is 10.0. The van der Waals surface area contributed by atoms with Crippen LogP contribution in [0, 0.1) is 6.92 Å². The number of benzene rings is 1. The van der Waals surface area contributed by atoms with E-state index in [9.17, 15) is 9.59 Å². The summed E-state index contributed by atoms with van der Waals surface area (Å²) >= 11 is 0. The predicted molar refractivity (Wildman–Crippen MR) is 68.5 cm³/mol. The van der Waals surface area contributed by atoms with E-state index < -0.39 is 5.69 Å². The molecule has 0 aliphatic heterocycles. The molecule has 0 spiro atoms. The Balaban J connectivity index is 2.50. The van der Waals surface area contributed by atoms with Gasteiger partial charge in [0.1, 0.15) is 5.82 Å². The summed E-state index contributed by atoms with van der Waals surface area (Å²) in [4.78, 5) is 27.1. The van der Waals surface area contributed by atoms with E-state index in [1.807, 2.05) is 19.1 Å². The number of anilines is 1. The summed E-state index contributed by atoms with van der Waals surface area (Å²) in [6, 6.07) is 7.14. The summed E-state index contributed by atoms with van der Waals surface area (Å²) in [7, 11) is 1.48. The highest BCUT2D eigenvalue weighted by Gasteiger charge is 2.15. The van der Waals surface area contributed by atoms with Crippen LogP contribution in [0.15, 0.2) is 35.3 Å². The number of carbonyl (C=O) groups excluding carboxylic acids is 1. The van der Waals surface area contributed by atoms with Gasteiger partial charge in [-0.1, -0.05) is 29.8 Å². The number of nitrogen functional groups attached to an aromatic ring is 1. The van der Waals surface area contributed by atoms with Gasteiger partial charge in [0.05, 0.1) is 5.56 Å². The van der Waals surface area contributed by atoms with E-state index in [0.717, 1.165) is 10.1 Å². The van der Waals surface area contributed by atoms with Crippen LogP contribution in [-0.4, -0.2) is 15.3 Å². The van der Waals surface area contributed by atoms with Crippen molar-refractivity contribution in [2.24, 2.45) is 7.05 Å². The van der Waals surface area contributed by atoms with E-state index in [2.05, 4.69) is 4.98 Å². The molecule has 2 N–H and O–H groups in total. The van der Waals surface area contributed by atoms with Gasteiger partial charge in [0.2, 0.25) is 0 Å². The zero-order chi connectivity index (χ0) is 13.3. The van der Waals surface area contributed by atoms with Crippen LogP contribution in [0.25, 0.3) is 0 Å². The van der Waals surface area contributed by atoms with Crippen molar-refractivity contribution in [1.82, 2.24) is 9.55 Å². The maximum atomic E-state index is 12.2. The molecule has 1 aromatic heterocycles. The molecule has 0 amide bonds. The minimum atomic E-state index is -0.479. The van der Waals surface area contributed by atoms with Gasteiger partial charge in [0.15, 0.2) is 5.78 Å². The van der Waals surface area contributed by atoms with E-state index in [4.69, 9.17) is 5.73 Å². The molecule has 92 valence electrons. The van der Waals surface area contributed by atoms with Crippen LogP contribution >= 0.6 is 0 Å². The van der Waals surface area contributed by atoms with Crippen molar-refractivity contribution in [1.29, 1.82) is 0 Å². The molecule has 0 fully saturated rings. The molecule has 5 nitrogen and oxygen atoms in total. The number of rotatable bonds is 2. The molecule has 0 saturated carbocycles. The second-order valence-electron chi connectivity index (χ2n) is 4.09. The first kappa shape index (κ1) is 12.0. The Hall–Kier alpha value is -2.43. The normalized spacial score (nSPS) is 10.3. The van der Waals surface area contributed by atoms with Crippen LogP contribution in [0.3, 0.4) is 0 Å². The van der Waals surface area contributed by atoms with Gasteiger partial charge in [0.25, 0.3) is 0 Å². The first-order valence-corrected chi connectivity index (χ1v) is 5.43. The van der Waals surface area contributed by atoms with Crippen molar-refractivity contribution in [2.75, 3.05) is 5.73 Å². The second kappa shape index (κ2) is 4.44. The average Bonchev–Trinajstić information content (AvgIpc) is 2.36. The molecule has 2 rings (SSSR count). The highest BCUT2D eigenvalue weighted by Crippen LogP contribution is 2.14. The minimum Gasteiger partial charge on any atom is -0.384 e. The third-order valence-corrected chi connectivity index (χ3v) is 2.79. The van der Waals surface area contributed by atoms with E-state index in [-0.39, 0.29) is 17.2 Å². The van der Waals surface area contributed by atoms with Crippen LogP contribution in [-0.2, 0) is 7.05 Å². The molecule has 1 heterocycles. The lowest BCUT2D eigenvalue weighted by Gasteiger charge is -2.07. The third kappa shape index (κ3) is 2.02. The van der Waals surface area contributed by atoms with Crippen molar-refractivity contribution in [3.8, 4) is 0 Å². The summed E-state index contributed by atoms with van der Waals surface area (Å²) in [6.45, 7) is 1.94. The number of aryl methyl sites for hydroxylation is 1. The molecule has 0 aliphatic rings. The zero-order valence-corrected chi connectivity index (χ0v) is 10.2. The quantitative estimate of drug-likeness (QED) is 0.795. The van der Waals surface area contributed by atoms with Crippen LogP contribution in [0.5, 0.6) is 0 Å². The fourth-order valence-electron chi connectivity index (χ4n) is 1.59. The minimum absolute atomic E-state index is 0.126. The van der Waals surface area contributed by atoms with Gasteiger partial charge in [-0.3, -0.25) is 9.36 Å². The van der Waals surface area contributed by atoms with Gasteiger partial charge in [-0.2, -0.15) is 0 Å². The summed E-state index contributed by atoms with van der Waals surface area (Å²) in [6.07, 6.45) is 1.22. The Labute approximate surface area is 104 Å². The lowest BCUT2D eigenvalue weighted by molar-refractivity contribution is 0.103. The molecular weight excluding hydrogens is 230 g/mol. The van der Waals surface area contributed by atoms with Crippen molar-refractivity contribution >= 4 is 11.6 Å². The molecule has 0 bridgehead atoms. The number of hydrogen-bond donors (Lipinski definition) is 1. The largest absolute Gasteiger partial charge is 0.384 e. The molecule has 1 aromatic carbocycles. The highest BCUT2D eigenvalue weighted by molar-refractivity contribution is 6.11. The summed E-state index contributed by atoms with van der Waals surface area (Å²) < 4.78 is 1.15. The first-order valence-electron chi connectivity index (χ1n) is 5.43. The molecule has 18 heavy (non-hydrogen) atoms. The Bertz CT molecular complexity index is 657. The van der Waals surface area contributed by atoms with Gasteiger partial charge in [0, 0.05) is 18.8 Å². The summed E-state index contributed by atoms with van der Waals surface area (Å²) in [5, 5.41) is 0.